The van der Waals surface area contributed by atoms with Crippen LogP contribution in [-0.2, 0) is 52.5 Å². The van der Waals surface area contributed by atoms with Crippen LogP contribution in [0.5, 0.6) is 0 Å². The molecule has 0 saturated carbocycles. The Morgan fingerprint density at radius 2 is 0.857 bits per heavy atom. The van der Waals surface area contributed by atoms with Crippen LogP contribution < -0.4 is 0 Å². The van der Waals surface area contributed by atoms with Gasteiger partial charge >= 0.3 is 35.9 Å². The number of carboxylic acids is 1. The lowest BCUT2D eigenvalue weighted by molar-refractivity contribution is -0.149. The maximum absolute atomic E-state index is 12.2. The normalized spacial score (nSPS) is 12.2. The van der Waals surface area contributed by atoms with Crippen LogP contribution in [0, 0.1) is 5.92 Å². The molecule has 15 heteroatoms. The number of esters is 4. The predicted molar refractivity (Wildman–Crippen MR) is 350 cm³/mol. The van der Waals surface area contributed by atoms with Crippen molar-refractivity contribution < 1.29 is 62.4 Å². The van der Waals surface area contributed by atoms with Gasteiger partial charge in [0.05, 0.1) is 46.1 Å². The monoisotopic (exact) mass is 1200 g/mol. The highest BCUT2D eigenvalue weighted by atomic mass is 16.6. The van der Waals surface area contributed by atoms with E-state index in [1.807, 2.05) is 32.6 Å². The summed E-state index contributed by atoms with van der Waals surface area (Å²) in [7, 11) is 0. The number of unbranched alkanes of at least 4 members (excludes halogenated alkanes) is 23. The van der Waals surface area contributed by atoms with Gasteiger partial charge in [-0.1, -0.05) is 245 Å². The second-order valence-electron chi connectivity index (χ2n) is 21.7. The van der Waals surface area contributed by atoms with Crippen molar-refractivity contribution in [1.82, 2.24) is 9.80 Å². The number of hydrogen-bond donors (Lipinski definition) is 1. The van der Waals surface area contributed by atoms with Crippen molar-refractivity contribution in [2.24, 2.45) is 5.92 Å². The van der Waals surface area contributed by atoms with Crippen LogP contribution in [0.4, 0.5) is 4.79 Å². The van der Waals surface area contributed by atoms with Crippen LogP contribution >= 0.6 is 0 Å². The molecular formula is C69H138N2O13. The quantitative estimate of drug-likeness (QED) is 0.0262. The molecule has 1 N–H and O–H groups in total. The molecule has 0 spiro atoms. The summed E-state index contributed by atoms with van der Waals surface area (Å²) in [5, 5.41) is 7.72. The fourth-order valence-corrected chi connectivity index (χ4v) is 7.87. The van der Waals surface area contributed by atoms with Crippen molar-refractivity contribution >= 4 is 42.2 Å². The lowest BCUT2D eigenvalue weighted by Gasteiger charge is -2.22. The Morgan fingerprint density at radius 3 is 1.19 bits per heavy atom. The maximum Gasteiger partial charge on any atom is 0.410 e. The minimum Gasteiger partial charge on any atom is -0.481 e. The highest BCUT2D eigenvalue weighted by Crippen LogP contribution is 2.20. The molecule has 1 fully saturated rings. The molecule has 0 aliphatic carbocycles. The number of nitrogens with zero attached hydrogens (tertiary/aromatic N) is 2. The number of rotatable bonds is 46. The van der Waals surface area contributed by atoms with Crippen LogP contribution in [0.3, 0.4) is 0 Å². The third kappa shape index (κ3) is 78.2. The van der Waals surface area contributed by atoms with E-state index in [0.29, 0.717) is 70.8 Å². The molecule has 1 saturated heterocycles. The average molecular weight is 1200 g/mol. The van der Waals surface area contributed by atoms with Gasteiger partial charge in [0.1, 0.15) is 6.29 Å². The number of carboxylic acid groups (broad SMARTS) is 1. The van der Waals surface area contributed by atoms with Crippen molar-refractivity contribution in [1.29, 1.82) is 0 Å². The lowest BCUT2D eigenvalue weighted by Crippen LogP contribution is -2.37. The van der Waals surface area contributed by atoms with Crippen LogP contribution in [0.1, 0.15) is 335 Å². The molecule has 1 rings (SSSR count). The van der Waals surface area contributed by atoms with Gasteiger partial charge in [-0.05, 0) is 76.7 Å². The summed E-state index contributed by atoms with van der Waals surface area (Å²) >= 11 is 0. The van der Waals surface area contributed by atoms with E-state index in [2.05, 4.69) is 62.3 Å². The molecule has 15 nitrogen and oxygen atoms in total. The van der Waals surface area contributed by atoms with Gasteiger partial charge in [0.25, 0.3) is 0 Å². The van der Waals surface area contributed by atoms with Crippen molar-refractivity contribution in [2.75, 3.05) is 59.2 Å². The van der Waals surface area contributed by atoms with Crippen molar-refractivity contribution in [3.05, 3.63) is 0 Å². The summed E-state index contributed by atoms with van der Waals surface area (Å²) in [6.07, 6.45) is 40.5. The smallest absolute Gasteiger partial charge is 0.410 e. The van der Waals surface area contributed by atoms with E-state index in [0.717, 1.165) is 96.3 Å². The Balaban J connectivity index is -0.000000242. The van der Waals surface area contributed by atoms with E-state index in [1.54, 1.807) is 11.8 Å². The van der Waals surface area contributed by atoms with Gasteiger partial charge in [-0.25, -0.2) is 4.79 Å². The standard InChI is InChI=1S/C25H47NO5.C14H28O2.C11H22O2.C10H19NO2.C4H10.C3H6O2.C2H6/c1-3-5-7-9-11-16-20-30-24(28)22-26(18-14-13-15-19-27)23-25(29)31-21-17-12-10-8-6-4-2;1-4-6-7-8-9-10-11-16-14(15)12-13(3)5-2;1-3-5-6-7-8-9-10-13-11(12)4-2;1-3-8-13-10(12)11-7-5-6-9(11)4-2;1-3-4-2;1-2-3(4)5;1-2/h19H,3-18,20-23H2,1-2H3;13H,4-12H2,1-3H3;3-10H2,1-2H3;9H,3-8H2,1-2H3;3-4H2,1-2H3;2H2,1H3,(H,4,5);1-2H3. The van der Waals surface area contributed by atoms with Crippen molar-refractivity contribution in [3.63, 3.8) is 0 Å². The summed E-state index contributed by atoms with van der Waals surface area (Å²) in [5.41, 5.74) is 0. The zero-order chi connectivity index (χ0) is 64.5. The molecule has 1 amide bonds. The number of ether oxygens (including phenoxy) is 5. The second-order valence-corrected chi connectivity index (χ2v) is 21.7. The molecule has 1 heterocycles. The number of likely N-dealkylation sites (tertiary alicyclic amines) is 1. The molecular weight excluding hydrogens is 1060 g/mol. The van der Waals surface area contributed by atoms with E-state index >= 15 is 0 Å². The number of aliphatic carboxylic acids is 1. The molecule has 0 aromatic heterocycles. The van der Waals surface area contributed by atoms with E-state index in [9.17, 15) is 33.6 Å². The minimum absolute atomic E-state index is 0.0251. The van der Waals surface area contributed by atoms with Crippen molar-refractivity contribution in [3.8, 4) is 0 Å². The van der Waals surface area contributed by atoms with Gasteiger partial charge in [-0.3, -0.25) is 28.9 Å². The van der Waals surface area contributed by atoms with Crippen LogP contribution in [0.15, 0.2) is 0 Å². The predicted octanol–water partition coefficient (Wildman–Crippen LogP) is 18.8. The molecule has 0 bridgehead atoms. The third-order valence-corrected chi connectivity index (χ3v) is 13.6. The Labute approximate surface area is 518 Å². The van der Waals surface area contributed by atoms with Crippen LogP contribution in [0.2, 0.25) is 0 Å². The first-order valence-corrected chi connectivity index (χ1v) is 34.6. The SMILES string of the molecule is CC.CCC(=O)O.CCCC.CCCCCCCCOC(=O)CC.CCCCCCCCOC(=O)CC(C)CC.CCCCCCCCOC(=O)CN(CCCCC=O)CC(=O)OCCCCCCCC.CCCOC(=O)N1CCCC1CC. The molecule has 1 aliphatic rings. The van der Waals surface area contributed by atoms with Crippen LogP contribution in [0.25, 0.3) is 0 Å². The zero-order valence-corrected chi connectivity index (χ0v) is 57.5. The van der Waals surface area contributed by atoms with Gasteiger partial charge in [-0.2, -0.15) is 0 Å². The summed E-state index contributed by atoms with van der Waals surface area (Å²) in [6, 6.07) is 0.421. The van der Waals surface area contributed by atoms with Crippen molar-refractivity contribution in [2.45, 2.75) is 341 Å². The summed E-state index contributed by atoms with van der Waals surface area (Å²) < 4.78 is 25.9. The molecule has 0 aromatic carbocycles. The molecule has 0 radical (unpaired) electrons. The fraction of sp³-hybridized carbons (Fsp3) is 0.899. The molecule has 2 unspecified atom stereocenters. The Hall–Kier alpha value is -3.75. The Kier molecular flexibility index (Phi) is 86.3. The number of carbonyl (C=O) groups is 7. The molecule has 1 aliphatic heterocycles. The maximum atomic E-state index is 12.2. The van der Waals surface area contributed by atoms with E-state index in [1.165, 1.54) is 128 Å². The first-order chi connectivity index (χ1) is 40.6. The van der Waals surface area contributed by atoms with Gasteiger partial charge in [0.15, 0.2) is 0 Å². The first kappa shape index (κ1) is 91.4. The van der Waals surface area contributed by atoms with Gasteiger partial charge in [-0.15, -0.1) is 0 Å². The molecule has 2 atom stereocenters. The first-order valence-electron chi connectivity index (χ1n) is 34.6. The highest BCUT2D eigenvalue weighted by molar-refractivity contribution is 5.75. The number of hydrogen-bond acceptors (Lipinski definition) is 13. The lowest BCUT2D eigenvalue weighted by atomic mass is 10.1. The summed E-state index contributed by atoms with van der Waals surface area (Å²) in [6.45, 7) is 33.2. The van der Waals surface area contributed by atoms with Gasteiger partial charge in [0.2, 0.25) is 0 Å². The average Bonchev–Trinajstić information content (AvgIpc) is 4.15. The van der Waals surface area contributed by atoms with E-state index < -0.39 is 5.97 Å². The zero-order valence-electron chi connectivity index (χ0n) is 57.5. The van der Waals surface area contributed by atoms with E-state index in [-0.39, 0.29) is 49.5 Å². The minimum atomic E-state index is -0.745. The topological polar surface area (TPSA) is 192 Å². The van der Waals surface area contributed by atoms with Gasteiger partial charge < -0.3 is 38.5 Å². The molecule has 84 heavy (non-hydrogen) atoms. The Bertz CT molecular complexity index is 1370. The highest BCUT2D eigenvalue weighted by Gasteiger charge is 2.28. The van der Waals surface area contributed by atoms with Gasteiger partial charge in [0, 0.05) is 38.3 Å². The van der Waals surface area contributed by atoms with E-state index in [4.69, 9.17) is 28.8 Å². The number of amides is 1. The third-order valence-electron chi connectivity index (χ3n) is 13.6. The largest absolute Gasteiger partial charge is 0.481 e. The fourth-order valence-electron chi connectivity index (χ4n) is 7.87. The Morgan fingerprint density at radius 1 is 0.476 bits per heavy atom. The number of carbonyl (C=O) groups excluding carboxylic acids is 6. The summed E-state index contributed by atoms with van der Waals surface area (Å²) in [5.74, 6) is -0.987. The second kappa shape index (κ2) is 79.2. The summed E-state index contributed by atoms with van der Waals surface area (Å²) in [4.78, 5) is 81.4. The number of aldehydes is 1. The van der Waals surface area contributed by atoms with Crippen LogP contribution in [-0.4, -0.2) is 122 Å². The molecule has 502 valence electrons. The molecule has 0 aromatic rings.